The minimum absolute atomic E-state index is 0.0311. The van der Waals surface area contributed by atoms with Crippen LogP contribution in [0.15, 0.2) is 47.4 Å². The van der Waals surface area contributed by atoms with Gasteiger partial charge in [0.2, 0.25) is 10.0 Å². The highest BCUT2D eigenvalue weighted by Gasteiger charge is 2.35. The summed E-state index contributed by atoms with van der Waals surface area (Å²) in [6.45, 7) is 0.0611. The van der Waals surface area contributed by atoms with Gasteiger partial charge in [0.05, 0.1) is 23.2 Å². The second-order valence-corrected chi connectivity index (χ2v) is 8.76. The summed E-state index contributed by atoms with van der Waals surface area (Å²) in [5.74, 6) is 0. The summed E-state index contributed by atoms with van der Waals surface area (Å²) in [7, 11) is -4.12. The summed E-state index contributed by atoms with van der Waals surface area (Å²) in [4.78, 5) is -0.415. The van der Waals surface area contributed by atoms with Crippen LogP contribution < -0.4 is 0 Å². The second-order valence-electron chi connectivity index (χ2n) is 5.95. The van der Waals surface area contributed by atoms with E-state index in [2.05, 4.69) is 0 Å². The van der Waals surface area contributed by atoms with Gasteiger partial charge in [-0.25, -0.2) is 8.42 Å². The number of hydrogen-bond donors (Lipinski definition) is 0. The number of alkyl halides is 3. The number of benzene rings is 2. The molecule has 0 aliphatic carbocycles. The van der Waals surface area contributed by atoms with Crippen LogP contribution in [0.1, 0.15) is 17.2 Å². The third-order valence-corrected chi connectivity index (χ3v) is 6.38. The van der Waals surface area contributed by atoms with E-state index in [9.17, 15) is 21.6 Å². The zero-order valence-corrected chi connectivity index (χ0v) is 16.0. The fourth-order valence-corrected chi connectivity index (χ4v) is 4.80. The molecule has 1 heterocycles. The van der Waals surface area contributed by atoms with E-state index in [1.54, 1.807) is 12.1 Å². The van der Waals surface area contributed by atoms with Crippen LogP contribution in [0, 0.1) is 0 Å². The maximum atomic E-state index is 12.9. The highest BCUT2D eigenvalue weighted by Crippen LogP contribution is 2.33. The topological polar surface area (TPSA) is 46.6 Å². The average molecular weight is 440 g/mol. The molecule has 4 nitrogen and oxygen atoms in total. The van der Waals surface area contributed by atoms with Crippen LogP contribution in [0.25, 0.3) is 0 Å². The molecule has 0 saturated carbocycles. The van der Waals surface area contributed by atoms with Crippen molar-refractivity contribution < 1.29 is 26.3 Å². The summed E-state index contributed by atoms with van der Waals surface area (Å²) in [6, 6.07) is 8.43. The molecule has 0 amide bonds. The fraction of sp³-hybridized carbons (Fsp3) is 0.294. The van der Waals surface area contributed by atoms with Gasteiger partial charge >= 0.3 is 6.18 Å². The molecular formula is C17H14Cl2F3NO3S. The average Bonchev–Trinajstić information content (AvgIpc) is 2.60. The lowest BCUT2D eigenvalue weighted by Gasteiger charge is -2.32. The van der Waals surface area contributed by atoms with Gasteiger partial charge in [-0.3, -0.25) is 0 Å². The SMILES string of the molecule is O=S(=O)(c1cccc(C(F)(F)F)c1)N1CCOC(c2cc(Cl)cc(Cl)c2)C1. The Morgan fingerprint density at radius 3 is 2.37 bits per heavy atom. The van der Waals surface area contributed by atoms with Crippen LogP contribution in [-0.4, -0.2) is 32.4 Å². The van der Waals surface area contributed by atoms with Crippen molar-refractivity contribution in [1.82, 2.24) is 4.31 Å². The van der Waals surface area contributed by atoms with E-state index in [-0.39, 0.29) is 19.7 Å². The first-order chi connectivity index (χ1) is 12.6. The lowest BCUT2D eigenvalue weighted by atomic mass is 10.1. The van der Waals surface area contributed by atoms with Gasteiger partial charge in [-0.15, -0.1) is 0 Å². The second kappa shape index (κ2) is 7.60. The standard InChI is InChI=1S/C17H14Cl2F3NO3S/c18-13-6-11(7-14(19)9-13)16-10-23(4-5-26-16)27(24,25)15-3-1-2-12(8-15)17(20,21)22/h1-3,6-9,16H,4-5,10H2. The van der Waals surface area contributed by atoms with Crippen molar-refractivity contribution in [3.8, 4) is 0 Å². The first-order valence-corrected chi connectivity index (χ1v) is 10.0. The van der Waals surface area contributed by atoms with Crippen LogP contribution in [0.3, 0.4) is 0 Å². The summed E-state index contributed by atoms with van der Waals surface area (Å²) in [5.41, 5.74) is -0.425. The Kier molecular flexibility index (Phi) is 5.74. The summed E-state index contributed by atoms with van der Waals surface area (Å²) >= 11 is 11.9. The molecule has 10 heteroatoms. The van der Waals surface area contributed by atoms with E-state index in [0.717, 1.165) is 22.5 Å². The third kappa shape index (κ3) is 4.57. The van der Waals surface area contributed by atoms with Crippen LogP contribution in [0.4, 0.5) is 13.2 Å². The molecule has 0 aromatic heterocycles. The van der Waals surface area contributed by atoms with Gasteiger partial charge < -0.3 is 4.74 Å². The first-order valence-electron chi connectivity index (χ1n) is 7.82. The Bertz CT molecular complexity index is 930. The Morgan fingerprint density at radius 1 is 1.07 bits per heavy atom. The quantitative estimate of drug-likeness (QED) is 0.691. The molecule has 0 radical (unpaired) electrons. The smallest absolute Gasteiger partial charge is 0.371 e. The van der Waals surface area contributed by atoms with Crippen LogP contribution in [-0.2, 0) is 20.9 Å². The van der Waals surface area contributed by atoms with Crippen molar-refractivity contribution in [2.24, 2.45) is 0 Å². The van der Waals surface area contributed by atoms with Crippen LogP contribution >= 0.6 is 23.2 Å². The van der Waals surface area contributed by atoms with Crippen molar-refractivity contribution >= 4 is 33.2 Å². The Hall–Kier alpha value is -1.32. The maximum absolute atomic E-state index is 12.9. The fourth-order valence-electron chi connectivity index (χ4n) is 2.79. The highest BCUT2D eigenvalue weighted by atomic mass is 35.5. The zero-order chi connectivity index (χ0) is 19.8. The molecule has 2 aromatic rings. The molecule has 2 aromatic carbocycles. The molecule has 0 bridgehead atoms. The third-order valence-electron chi connectivity index (χ3n) is 4.08. The van der Waals surface area contributed by atoms with Crippen LogP contribution in [0.2, 0.25) is 10.0 Å². The molecule has 1 aliphatic heterocycles. The van der Waals surface area contributed by atoms with Gasteiger partial charge in [0.15, 0.2) is 0 Å². The summed E-state index contributed by atoms with van der Waals surface area (Å²) < 4.78 is 71.1. The first kappa shape index (κ1) is 20.4. The van der Waals surface area contributed by atoms with Crippen molar-refractivity contribution in [2.75, 3.05) is 19.7 Å². The van der Waals surface area contributed by atoms with Crippen molar-refractivity contribution in [1.29, 1.82) is 0 Å². The number of rotatable bonds is 3. The monoisotopic (exact) mass is 439 g/mol. The maximum Gasteiger partial charge on any atom is 0.416 e. The normalized spacial score (nSPS) is 19.2. The number of hydrogen-bond acceptors (Lipinski definition) is 3. The lowest BCUT2D eigenvalue weighted by Crippen LogP contribution is -2.42. The molecule has 1 unspecified atom stereocenters. The van der Waals surface area contributed by atoms with Gasteiger partial charge in [-0.05, 0) is 42.0 Å². The largest absolute Gasteiger partial charge is 0.416 e. The molecule has 1 aliphatic rings. The number of ether oxygens (including phenoxy) is 1. The Balaban J connectivity index is 1.89. The van der Waals surface area contributed by atoms with Crippen LogP contribution in [0.5, 0.6) is 0 Å². The van der Waals surface area contributed by atoms with Gasteiger partial charge in [0.1, 0.15) is 0 Å². The predicted molar refractivity (Wildman–Crippen MR) is 95.4 cm³/mol. The molecule has 1 atom stereocenters. The van der Waals surface area contributed by atoms with E-state index < -0.39 is 32.8 Å². The molecule has 3 rings (SSSR count). The number of morpholine rings is 1. The summed E-state index contributed by atoms with van der Waals surface area (Å²) in [5, 5.41) is 0.748. The molecule has 0 N–H and O–H groups in total. The van der Waals surface area contributed by atoms with Gasteiger partial charge in [-0.1, -0.05) is 29.3 Å². The van der Waals surface area contributed by atoms with E-state index >= 15 is 0 Å². The lowest BCUT2D eigenvalue weighted by molar-refractivity contribution is -0.137. The van der Waals surface area contributed by atoms with E-state index in [0.29, 0.717) is 21.7 Å². The molecule has 0 spiro atoms. The van der Waals surface area contributed by atoms with Crippen molar-refractivity contribution in [2.45, 2.75) is 17.2 Å². The highest BCUT2D eigenvalue weighted by molar-refractivity contribution is 7.89. The zero-order valence-electron chi connectivity index (χ0n) is 13.7. The Labute approximate surface area is 164 Å². The summed E-state index contributed by atoms with van der Waals surface area (Å²) in [6.07, 6.45) is -5.26. The van der Waals surface area contributed by atoms with Gasteiger partial charge in [-0.2, -0.15) is 17.5 Å². The van der Waals surface area contributed by atoms with Gasteiger partial charge in [0.25, 0.3) is 0 Å². The van der Waals surface area contributed by atoms with Crippen molar-refractivity contribution in [3.63, 3.8) is 0 Å². The van der Waals surface area contributed by atoms with Gasteiger partial charge in [0, 0.05) is 23.1 Å². The minimum Gasteiger partial charge on any atom is -0.371 e. The number of halogens is 5. The Morgan fingerprint density at radius 2 is 1.74 bits per heavy atom. The van der Waals surface area contributed by atoms with E-state index in [1.165, 1.54) is 6.07 Å². The van der Waals surface area contributed by atoms with E-state index in [1.807, 2.05) is 0 Å². The number of nitrogens with zero attached hydrogens (tertiary/aromatic N) is 1. The minimum atomic E-state index is -4.63. The predicted octanol–water partition coefficient (Wildman–Crippen LogP) is 4.77. The molecular weight excluding hydrogens is 426 g/mol. The van der Waals surface area contributed by atoms with E-state index in [4.69, 9.17) is 27.9 Å². The molecule has 146 valence electrons. The number of sulfonamides is 1. The molecule has 1 saturated heterocycles. The van der Waals surface area contributed by atoms with Crippen molar-refractivity contribution in [3.05, 3.63) is 63.6 Å². The molecule has 27 heavy (non-hydrogen) atoms. The molecule has 1 fully saturated rings.